The summed E-state index contributed by atoms with van der Waals surface area (Å²) in [4.78, 5) is 0.681. The second-order valence-electron chi connectivity index (χ2n) is 2.93. The van der Waals surface area contributed by atoms with E-state index in [1.54, 1.807) is 31.2 Å². The third-order valence-corrected chi connectivity index (χ3v) is 3.62. The Morgan fingerprint density at radius 3 is 2.93 bits per heavy atom. The van der Waals surface area contributed by atoms with Gasteiger partial charge in [0.05, 0.1) is 16.9 Å². The fraction of sp³-hybridized carbons (Fsp3) is 0.300. The monoisotopic (exact) mass is 227 g/mol. The minimum Gasteiger partial charge on any atom is -0.254 e. The van der Waals surface area contributed by atoms with Crippen LogP contribution in [0.2, 0.25) is 5.02 Å². The van der Waals surface area contributed by atoms with Gasteiger partial charge in [0.1, 0.15) is 0 Å². The summed E-state index contributed by atoms with van der Waals surface area (Å²) in [6.07, 6.45) is 0.291. The summed E-state index contributed by atoms with van der Waals surface area (Å²) in [7, 11) is -1.15. The van der Waals surface area contributed by atoms with Crippen LogP contribution in [0.15, 0.2) is 29.2 Å². The SMILES string of the molecule is CC(CC#N)S(=O)c1cccc(Cl)c1. The summed E-state index contributed by atoms with van der Waals surface area (Å²) in [5.41, 5.74) is 0. The first-order chi connectivity index (χ1) is 6.65. The number of benzene rings is 1. The number of halogens is 1. The highest BCUT2D eigenvalue weighted by atomic mass is 35.5. The van der Waals surface area contributed by atoms with Gasteiger partial charge in [-0.1, -0.05) is 17.7 Å². The smallest absolute Gasteiger partial charge is 0.0634 e. The molecule has 0 aromatic heterocycles. The maximum Gasteiger partial charge on any atom is 0.0634 e. The van der Waals surface area contributed by atoms with Crippen LogP contribution in [-0.4, -0.2) is 9.46 Å². The van der Waals surface area contributed by atoms with Crippen molar-refractivity contribution in [3.05, 3.63) is 29.3 Å². The van der Waals surface area contributed by atoms with Gasteiger partial charge in [-0.2, -0.15) is 5.26 Å². The molecule has 0 aliphatic carbocycles. The van der Waals surface area contributed by atoms with Gasteiger partial charge in [-0.25, -0.2) is 0 Å². The van der Waals surface area contributed by atoms with Gasteiger partial charge in [0.2, 0.25) is 0 Å². The lowest BCUT2D eigenvalue weighted by Crippen LogP contribution is -2.09. The molecule has 0 saturated heterocycles. The molecule has 2 nitrogen and oxygen atoms in total. The van der Waals surface area contributed by atoms with Gasteiger partial charge in [-0.3, -0.25) is 4.21 Å². The Labute approximate surface area is 91.0 Å². The maximum atomic E-state index is 11.8. The molecule has 1 aromatic rings. The van der Waals surface area contributed by atoms with Crippen molar-refractivity contribution in [2.24, 2.45) is 0 Å². The molecule has 0 aliphatic rings. The summed E-state index contributed by atoms with van der Waals surface area (Å²) in [5.74, 6) is 0. The lowest BCUT2D eigenvalue weighted by molar-refractivity contribution is 0.673. The van der Waals surface area contributed by atoms with Crippen molar-refractivity contribution in [2.45, 2.75) is 23.5 Å². The number of hydrogen-bond donors (Lipinski definition) is 0. The first-order valence-corrected chi connectivity index (χ1v) is 5.77. The zero-order chi connectivity index (χ0) is 10.6. The van der Waals surface area contributed by atoms with E-state index in [0.717, 1.165) is 0 Å². The van der Waals surface area contributed by atoms with Gasteiger partial charge in [0.15, 0.2) is 0 Å². The standard InChI is InChI=1S/C10H10ClNOS/c1-8(5-6-12)14(13)10-4-2-3-9(11)7-10/h2-4,7-8H,5H2,1H3. The molecular weight excluding hydrogens is 218 g/mol. The van der Waals surface area contributed by atoms with Crippen molar-refractivity contribution in [1.82, 2.24) is 0 Å². The van der Waals surface area contributed by atoms with E-state index in [0.29, 0.717) is 16.3 Å². The average molecular weight is 228 g/mol. The highest BCUT2D eigenvalue weighted by Gasteiger charge is 2.12. The predicted molar refractivity (Wildman–Crippen MR) is 57.6 cm³/mol. The van der Waals surface area contributed by atoms with E-state index < -0.39 is 10.8 Å². The number of rotatable bonds is 3. The van der Waals surface area contributed by atoms with Crippen molar-refractivity contribution < 1.29 is 4.21 Å². The van der Waals surface area contributed by atoms with Crippen LogP contribution in [0.5, 0.6) is 0 Å². The number of hydrogen-bond acceptors (Lipinski definition) is 2. The van der Waals surface area contributed by atoms with Gasteiger partial charge >= 0.3 is 0 Å². The van der Waals surface area contributed by atoms with Crippen molar-refractivity contribution in [3.63, 3.8) is 0 Å². The summed E-state index contributed by atoms with van der Waals surface area (Å²) >= 11 is 5.77. The van der Waals surface area contributed by atoms with Crippen molar-refractivity contribution >= 4 is 22.4 Å². The number of nitrogens with zero attached hydrogens (tertiary/aromatic N) is 1. The summed E-state index contributed by atoms with van der Waals surface area (Å²) in [6.45, 7) is 1.79. The first-order valence-electron chi connectivity index (χ1n) is 4.18. The topological polar surface area (TPSA) is 40.9 Å². The minimum atomic E-state index is -1.15. The molecular formula is C10H10ClNOS. The molecule has 0 fully saturated rings. The molecule has 1 aromatic carbocycles. The van der Waals surface area contributed by atoms with Crippen LogP contribution in [0.3, 0.4) is 0 Å². The largest absolute Gasteiger partial charge is 0.254 e. The molecule has 2 atom stereocenters. The lowest BCUT2D eigenvalue weighted by Gasteiger charge is -2.07. The van der Waals surface area contributed by atoms with E-state index in [-0.39, 0.29) is 5.25 Å². The van der Waals surface area contributed by atoms with E-state index >= 15 is 0 Å². The van der Waals surface area contributed by atoms with Crippen LogP contribution in [0.4, 0.5) is 0 Å². The van der Waals surface area contributed by atoms with Crippen LogP contribution >= 0.6 is 11.6 Å². The Hall–Kier alpha value is -0.850. The second kappa shape index (κ2) is 5.14. The summed E-state index contributed by atoms with van der Waals surface area (Å²) < 4.78 is 11.8. The van der Waals surface area contributed by atoms with Gasteiger partial charge in [-0.05, 0) is 25.1 Å². The van der Waals surface area contributed by atoms with E-state index in [1.165, 1.54) is 0 Å². The zero-order valence-electron chi connectivity index (χ0n) is 7.74. The fourth-order valence-corrected chi connectivity index (χ4v) is 2.43. The lowest BCUT2D eigenvalue weighted by atomic mass is 10.4. The van der Waals surface area contributed by atoms with Gasteiger partial charge < -0.3 is 0 Å². The molecule has 4 heteroatoms. The minimum absolute atomic E-state index is 0.154. The van der Waals surface area contributed by atoms with Crippen LogP contribution in [0, 0.1) is 11.3 Å². The molecule has 14 heavy (non-hydrogen) atoms. The Balaban J connectivity index is 2.85. The second-order valence-corrected chi connectivity index (χ2v) is 5.24. The highest BCUT2D eigenvalue weighted by Crippen LogP contribution is 2.17. The number of nitriles is 1. The van der Waals surface area contributed by atoms with E-state index in [9.17, 15) is 4.21 Å². The van der Waals surface area contributed by atoms with Crippen LogP contribution in [0.25, 0.3) is 0 Å². The molecule has 0 heterocycles. The van der Waals surface area contributed by atoms with Gasteiger partial charge in [-0.15, -0.1) is 0 Å². The van der Waals surface area contributed by atoms with Crippen molar-refractivity contribution in [2.75, 3.05) is 0 Å². The Bertz CT molecular complexity index is 386. The normalized spacial score (nSPS) is 14.4. The summed E-state index contributed by atoms with van der Waals surface area (Å²) in [6, 6.07) is 8.93. The molecule has 0 N–H and O–H groups in total. The fourth-order valence-electron chi connectivity index (χ4n) is 1.03. The zero-order valence-corrected chi connectivity index (χ0v) is 9.31. The van der Waals surface area contributed by atoms with Crippen molar-refractivity contribution in [3.8, 4) is 6.07 Å². The molecule has 2 unspecified atom stereocenters. The Morgan fingerprint density at radius 1 is 1.64 bits per heavy atom. The Morgan fingerprint density at radius 2 is 2.36 bits per heavy atom. The molecule has 0 aliphatic heterocycles. The van der Waals surface area contributed by atoms with Crippen LogP contribution in [0.1, 0.15) is 13.3 Å². The molecule has 1 rings (SSSR count). The third kappa shape index (κ3) is 2.83. The van der Waals surface area contributed by atoms with Crippen molar-refractivity contribution in [1.29, 1.82) is 5.26 Å². The first kappa shape index (κ1) is 11.2. The molecule has 0 radical (unpaired) electrons. The van der Waals surface area contributed by atoms with Gasteiger partial charge in [0.25, 0.3) is 0 Å². The quantitative estimate of drug-likeness (QED) is 0.797. The molecule has 0 amide bonds. The Kier molecular flexibility index (Phi) is 4.12. The van der Waals surface area contributed by atoms with E-state index in [2.05, 4.69) is 0 Å². The van der Waals surface area contributed by atoms with E-state index in [4.69, 9.17) is 16.9 Å². The average Bonchev–Trinajstić information content (AvgIpc) is 2.17. The maximum absolute atomic E-state index is 11.8. The van der Waals surface area contributed by atoms with Crippen LogP contribution in [-0.2, 0) is 10.8 Å². The molecule has 0 bridgehead atoms. The third-order valence-electron chi connectivity index (χ3n) is 1.77. The van der Waals surface area contributed by atoms with E-state index in [1.807, 2.05) is 6.07 Å². The molecule has 0 saturated carbocycles. The van der Waals surface area contributed by atoms with Gasteiger partial charge in [0, 0.05) is 21.6 Å². The molecule has 0 spiro atoms. The predicted octanol–water partition coefficient (Wildman–Crippen LogP) is 2.75. The van der Waals surface area contributed by atoms with Crippen LogP contribution < -0.4 is 0 Å². The highest BCUT2D eigenvalue weighted by molar-refractivity contribution is 7.85. The summed E-state index contributed by atoms with van der Waals surface area (Å²) in [5, 5.41) is 8.89. The molecule has 74 valence electrons.